The molecule has 1 aliphatic heterocycles. The molecule has 1 aliphatic rings. The van der Waals surface area contributed by atoms with Gasteiger partial charge in [0.2, 0.25) is 0 Å². The quantitative estimate of drug-likeness (QED) is 0.829. The van der Waals surface area contributed by atoms with E-state index < -0.39 is 17.3 Å². The normalized spacial score (nSPS) is 24.4. The van der Waals surface area contributed by atoms with E-state index in [1.165, 1.54) is 12.1 Å². The zero-order valence-electron chi connectivity index (χ0n) is 9.63. The summed E-state index contributed by atoms with van der Waals surface area (Å²) in [5.74, 6) is 0. The minimum atomic E-state index is -4.33. The van der Waals surface area contributed by atoms with Gasteiger partial charge in [0.05, 0.1) is 5.56 Å². The Hall–Kier alpha value is -0.780. The maximum atomic E-state index is 12.4. The molecule has 0 aliphatic carbocycles. The predicted octanol–water partition coefficient (Wildman–Crippen LogP) is 2.70. The first kappa shape index (κ1) is 15.3. The minimum Gasteiger partial charge on any atom is -0.384 e. The van der Waals surface area contributed by atoms with Gasteiger partial charge in [0.15, 0.2) is 0 Å². The third-order valence-electron chi connectivity index (χ3n) is 3.11. The van der Waals surface area contributed by atoms with Crippen LogP contribution < -0.4 is 5.32 Å². The summed E-state index contributed by atoms with van der Waals surface area (Å²) in [4.78, 5) is 0. The summed E-state index contributed by atoms with van der Waals surface area (Å²) >= 11 is 0. The molecule has 6 heteroatoms. The van der Waals surface area contributed by atoms with E-state index in [2.05, 4.69) is 5.32 Å². The van der Waals surface area contributed by atoms with Crippen LogP contribution >= 0.6 is 12.4 Å². The Morgan fingerprint density at radius 2 is 1.78 bits per heavy atom. The molecule has 1 atom stereocenters. The van der Waals surface area contributed by atoms with Gasteiger partial charge in [-0.15, -0.1) is 12.4 Å². The van der Waals surface area contributed by atoms with E-state index in [9.17, 15) is 18.3 Å². The topological polar surface area (TPSA) is 32.3 Å². The molecule has 0 radical (unpaired) electrons. The number of aliphatic hydroxyl groups is 1. The van der Waals surface area contributed by atoms with Crippen molar-refractivity contribution in [1.82, 2.24) is 5.32 Å². The van der Waals surface area contributed by atoms with Gasteiger partial charge in [-0.3, -0.25) is 0 Å². The second-order valence-electron chi connectivity index (χ2n) is 4.39. The Balaban J connectivity index is 0.00000162. The maximum absolute atomic E-state index is 12.4. The molecular weight excluding hydrogens is 267 g/mol. The number of hydrogen-bond donors (Lipinski definition) is 2. The van der Waals surface area contributed by atoms with Crippen molar-refractivity contribution in [1.29, 1.82) is 0 Å². The molecule has 1 aromatic carbocycles. The van der Waals surface area contributed by atoms with Crippen molar-refractivity contribution in [3.05, 3.63) is 35.4 Å². The van der Waals surface area contributed by atoms with Gasteiger partial charge < -0.3 is 10.4 Å². The lowest BCUT2D eigenvalue weighted by molar-refractivity contribution is -0.137. The van der Waals surface area contributed by atoms with Crippen LogP contribution in [0.4, 0.5) is 13.2 Å². The number of alkyl halides is 3. The number of rotatable bonds is 1. The number of hydrogen-bond acceptors (Lipinski definition) is 2. The molecule has 1 heterocycles. The number of halogens is 4. The highest BCUT2D eigenvalue weighted by Crippen LogP contribution is 2.33. The van der Waals surface area contributed by atoms with Crippen LogP contribution in [-0.2, 0) is 11.8 Å². The van der Waals surface area contributed by atoms with Crippen LogP contribution in [0.15, 0.2) is 24.3 Å². The van der Waals surface area contributed by atoms with Crippen LogP contribution in [0.3, 0.4) is 0 Å². The van der Waals surface area contributed by atoms with E-state index in [-0.39, 0.29) is 12.4 Å². The second-order valence-corrected chi connectivity index (χ2v) is 4.39. The molecule has 1 aromatic rings. The molecule has 2 nitrogen and oxygen atoms in total. The number of nitrogens with one attached hydrogen (secondary N) is 1. The molecule has 0 spiro atoms. The lowest BCUT2D eigenvalue weighted by atomic mass is 9.86. The van der Waals surface area contributed by atoms with Crippen LogP contribution in [0.2, 0.25) is 0 Å². The average Bonchev–Trinajstić information content (AvgIpc) is 2.29. The zero-order valence-corrected chi connectivity index (χ0v) is 10.4. The van der Waals surface area contributed by atoms with Crippen LogP contribution in [0.1, 0.15) is 24.0 Å². The maximum Gasteiger partial charge on any atom is 0.416 e. The molecule has 102 valence electrons. The highest BCUT2D eigenvalue weighted by atomic mass is 35.5. The molecule has 0 saturated carbocycles. The molecular formula is C12H15ClF3NO. The average molecular weight is 282 g/mol. The fraction of sp³-hybridized carbons (Fsp3) is 0.500. The van der Waals surface area contributed by atoms with Gasteiger partial charge in [-0.25, -0.2) is 0 Å². The zero-order chi connectivity index (χ0) is 12.5. The minimum absolute atomic E-state index is 0. The molecule has 0 aromatic heterocycles. The summed E-state index contributed by atoms with van der Waals surface area (Å²) in [6, 6.07) is 4.75. The van der Waals surface area contributed by atoms with Gasteiger partial charge in [-0.2, -0.15) is 13.2 Å². The lowest BCUT2D eigenvalue weighted by Crippen LogP contribution is -2.43. The third kappa shape index (κ3) is 3.16. The van der Waals surface area contributed by atoms with Gasteiger partial charge in [0, 0.05) is 6.54 Å². The summed E-state index contributed by atoms with van der Waals surface area (Å²) in [5.41, 5.74) is -1.19. The summed E-state index contributed by atoms with van der Waals surface area (Å²) < 4.78 is 37.1. The molecule has 1 saturated heterocycles. The molecule has 1 fully saturated rings. The fourth-order valence-corrected chi connectivity index (χ4v) is 2.11. The first-order chi connectivity index (χ1) is 7.92. The van der Waals surface area contributed by atoms with E-state index in [1.807, 2.05) is 0 Å². The third-order valence-corrected chi connectivity index (χ3v) is 3.11. The largest absolute Gasteiger partial charge is 0.416 e. The summed E-state index contributed by atoms with van der Waals surface area (Å²) in [5, 5.41) is 13.3. The first-order valence-electron chi connectivity index (χ1n) is 5.53. The Bertz CT molecular complexity index is 385. The SMILES string of the molecule is Cl.OC1(c2ccc(C(F)(F)F)cc2)CCCNC1. The van der Waals surface area contributed by atoms with Crippen LogP contribution in [-0.4, -0.2) is 18.2 Å². The van der Waals surface area contributed by atoms with E-state index >= 15 is 0 Å². The van der Waals surface area contributed by atoms with E-state index in [4.69, 9.17) is 0 Å². The van der Waals surface area contributed by atoms with Gasteiger partial charge >= 0.3 is 6.18 Å². The highest BCUT2D eigenvalue weighted by molar-refractivity contribution is 5.85. The molecule has 1 unspecified atom stereocenters. The van der Waals surface area contributed by atoms with Crippen molar-refractivity contribution in [2.45, 2.75) is 24.6 Å². The smallest absolute Gasteiger partial charge is 0.384 e. The van der Waals surface area contributed by atoms with Crippen molar-refractivity contribution in [2.75, 3.05) is 13.1 Å². The van der Waals surface area contributed by atoms with Gasteiger partial charge in [0.25, 0.3) is 0 Å². The fourth-order valence-electron chi connectivity index (χ4n) is 2.11. The van der Waals surface area contributed by atoms with Gasteiger partial charge in [-0.1, -0.05) is 12.1 Å². The van der Waals surface area contributed by atoms with Crippen molar-refractivity contribution < 1.29 is 18.3 Å². The van der Waals surface area contributed by atoms with Crippen molar-refractivity contribution in [3.63, 3.8) is 0 Å². The summed E-state index contributed by atoms with van der Waals surface area (Å²) in [6.07, 6.45) is -2.94. The monoisotopic (exact) mass is 281 g/mol. The van der Waals surface area contributed by atoms with Crippen LogP contribution in [0, 0.1) is 0 Å². The van der Waals surface area contributed by atoms with Crippen LogP contribution in [0.25, 0.3) is 0 Å². The Morgan fingerprint density at radius 1 is 1.17 bits per heavy atom. The van der Waals surface area contributed by atoms with E-state index in [0.717, 1.165) is 25.1 Å². The molecule has 2 N–H and O–H groups in total. The second kappa shape index (κ2) is 5.47. The van der Waals surface area contributed by atoms with Gasteiger partial charge in [0.1, 0.15) is 5.60 Å². The van der Waals surface area contributed by atoms with Crippen LogP contribution in [0.5, 0.6) is 0 Å². The summed E-state index contributed by atoms with van der Waals surface area (Å²) in [6.45, 7) is 1.22. The highest BCUT2D eigenvalue weighted by Gasteiger charge is 2.33. The molecule has 0 amide bonds. The molecule has 2 rings (SSSR count). The Kier molecular flexibility index (Phi) is 4.64. The summed E-state index contributed by atoms with van der Waals surface area (Å²) in [7, 11) is 0. The van der Waals surface area contributed by atoms with E-state index in [0.29, 0.717) is 18.5 Å². The van der Waals surface area contributed by atoms with Crippen molar-refractivity contribution >= 4 is 12.4 Å². The van der Waals surface area contributed by atoms with Gasteiger partial charge in [-0.05, 0) is 37.1 Å². The Morgan fingerprint density at radius 3 is 2.22 bits per heavy atom. The standard InChI is InChI=1S/C12H14F3NO.ClH/c13-12(14,15)10-4-2-9(3-5-10)11(17)6-1-7-16-8-11;/h2-5,16-17H,1,6-8H2;1H. The number of benzene rings is 1. The lowest BCUT2D eigenvalue weighted by Gasteiger charge is -2.33. The van der Waals surface area contributed by atoms with Crippen molar-refractivity contribution in [2.24, 2.45) is 0 Å². The van der Waals surface area contributed by atoms with E-state index in [1.54, 1.807) is 0 Å². The predicted molar refractivity (Wildman–Crippen MR) is 64.7 cm³/mol. The molecule has 0 bridgehead atoms. The van der Waals surface area contributed by atoms with Crippen molar-refractivity contribution in [3.8, 4) is 0 Å². The number of β-amino-alcohol motifs (C(OH)–C–C–N with tert-alkyl or cyclic N) is 1. The Labute approximate surface area is 110 Å². The molecule has 18 heavy (non-hydrogen) atoms. The first-order valence-corrected chi connectivity index (χ1v) is 5.53. The number of piperidine rings is 1.